The molecule has 3 aromatic carbocycles. The summed E-state index contributed by atoms with van der Waals surface area (Å²) in [4.78, 5) is 27.3. The van der Waals surface area contributed by atoms with Gasteiger partial charge in [0.25, 0.3) is 5.91 Å². The third-order valence-corrected chi connectivity index (χ3v) is 5.30. The first kappa shape index (κ1) is 19.0. The number of hydrogen-bond acceptors (Lipinski definition) is 3. The molecule has 0 heterocycles. The van der Waals surface area contributed by atoms with Crippen LogP contribution in [-0.4, -0.2) is 37.2 Å². The molecule has 1 N–H and O–H groups in total. The lowest BCUT2D eigenvalue weighted by atomic mass is 10.0. The summed E-state index contributed by atoms with van der Waals surface area (Å²) >= 11 is 0. The zero-order valence-electron chi connectivity index (χ0n) is 16.3. The second-order valence-electron chi connectivity index (χ2n) is 7.38. The van der Waals surface area contributed by atoms with Gasteiger partial charge < -0.3 is 10.2 Å². The number of nitrogens with one attached hydrogen (secondary N) is 1. The summed E-state index contributed by atoms with van der Waals surface area (Å²) in [6, 6.07) is 18.9. The maximum Gasteiger partial charge on any atom is 0.251 e. The van der Waals surface area contributed by atoms with Crippen LogP contribution in [-0.2, 0) is 0 Å². The minimum atomic E-state index is -0.308. The van der Waals surface area contributed by atoms with Crippen molar-refractivity contribution in [2.45, 2.75) is 6.04 Å². The lowest BCUT2D eigenvalue weighted by molar-refractivity contribution is 0.0942. The highest BCUT2D eigenvalue weighted by molar-refractivity contribution is 6.22. The van der Waals surface area contributed by atoms with E-state index in [0.29, 0.717) is 23.2 Å². The van der Waals surface area contributed by atoms with Crippen LogP contribution in [0.1, 0.15) is 37.9 Å². The number of fused-ring (bicyclic) bond motifs is 3. The van der Waals surface area contributed by atoms with E-state index in [1.54, 1.807) is 24.3 Å². The van der Waals surface area contributed by atoms with E-state index in [9.17, 15) is 14.0 Å². The Morgan fingerprint density at radius 2 is 1.66 bits per heavy atom. The standard InChI is InChI=1S/C24H21FN2O2/c1-27(2)22(15-6-5-7-17(25)12-15)14-26-24(29)16-10-11-19-18-8-3-4-9-20(18)23(28)21(19)13-16/h3-13,22H,14H2,1-2H3,(H,26,29)/t22-/m1/s1. The summed E-state index contributed by atoms with van der Waals surface area (Å²) in [5.41, 5.74) is 4.19. The molecule has 4 nitrogen and oxygen atoms in total. The fourth-order valence-electron chi connectivity index (χ4n) is 3.77. The van der Waals surface area contributed by atoms with Crippen LogP contribution in [0.5, 0.6) is 0 Å². The highest BCUT2D eigenvalue weighted by Gasteiger charge is 2.27. The van der Waals surface area contributed by atoms with Crippen molar-refractivity contribution in [2.75, 3.05) is 20.6 Å². The molecule has 1 aliphatic rings. The predicted molar refractivity (Wildman–Crippen MR) is 110 cm³/mol. The Morgan fingerprint density at radius 1 is 0.931 bits per heavy atom. The fourth-order valence-corrected chi connectivity index (χ4v) is 3.77. The normalized spacial score (nSPS) is 13.2. The molecular formula is C24H21FN2O2. The summed E-state index contributed by atoms with van der Waals surface area (Å²) in [5.74, 6) is -0.631. The molecule has 0 saturated heterocycles. The maximum atomic E-state index is 13.6. The Hall–Kier alpha value is -3.31. The second kappa shape index (κ2) is 7.60. The summed E-state index contributed by atoms with van der Waals surface area (Å²) < 4.78 is 13.6. The van der Waals surface area contributed by atoms with Crippen LogP contribution >= 0.6 is 0 Å². The van der Waals surface area contributed by atoms with E-state index < -0.39 is 0 Å². The molecule has 3 aromatic rings. The zero-order chi connectivity index (χ0) is 20.5. The molecule has 146 valence electrons. The molecule has 0 aliphatic heterocycles. The average molecular weight is 388 g/mol. The van der Waals surface area contributed by atoms with Crippen molar-refractivity contribution in [2.24, 2.45) is 0 Å². The fraction of sp³-hybridized carbons (Fsp3) is 0.167. The lowest BCUT2D eigenvalue weighted by Crippen LogP contribution is -2.34. The molecule has 1 atom stereocenters. The molecule has 4 rings (SSSR count). The third kappa shape index (κ3) is 3.57. The molecule has 5 heteroatoms. The van der Waals surface area contributed by atoms with Gasteiger partial charge in [-0.2, -0.15) is 0 Å². The Bertz CT molecular complexity index is 1110. The molecular weight excluding hydrogens is 367 g/mol. The molecule has 29 heavy (non-hydrogen) atoms. The molecule has 0 unspecified atom stereocenters. The van der Waals surface area contributed by atoms with E-state index in [1.165, 1.54) is 12.1 Å². The predicted octanol–water partition coefficient (Wildman–Crippen LogP) is 4.07. The molecule has 0 aromatic heterocycles. The van der Waals surface area contributed by atoms with Gasteiger partial charge in [0, 0.05) is 23.2 Å². The first-order valence-corrected chi connectivity index (χ1v) is 9.44. The number of amides is 1. The van der Waals surface area contributed by atoms with E-state index in [0.717, 1.165) is 16.7 Å². The smallest absolute Gasteiger partial charge is 0.251 e. The van der Waals surface area contributed by atoms with Crippen LogP contribution in [0.2, 0.25) is 0 Å². The Kier molecular flexibility index (Phi) is 4.99. The van der Waals surface area contributed by atoms with Crippen molar-refractivity contribution in [1.82, 2.24) is 10.2 Å². The largest absolute Gasteiger partial charge is 0.350 e. The monoisotopic (exact) mass is 388 g/mol. The number of benzene rings is 3. The van der Waals surface area contributed by atoms with E-state index in [-0.39, 0.29) is 23.5 Å². The lowest BCUT2D eigenvalue weighted by Gasteiger charge is -2.25. The summed E-state index contributed by atoms with van der Waals surface area (Å²) in [6.45, 7) is 0.320. The zero-order valence-corrected chi connectivity index (χ0v) is 16.3. The van der Waals surface area contributed by atoms with E-state index in [1.807, 2.05) is 49.3 Å². The summed E-state index contributed by atoms with van der Waals surface area (Å²) in [5, 5.41) is 2.91. The van der Waals surface area contributed by atoms with Gasteiger partial charge in [-0.05, 0) is 55.1 Å². The maximum absolute atomic E-state index is 13.6. The van der Waals surface area contributed by atoms with Crippen LogP contribution < -0.4 is 5.32 Å². The SMILES string of the molecule is CN(C)[C@H](CNC(=O)c1ccc2c(c1)C(=O)c1ccccc1-2)c1cccc(F)c1. The quantitative estimate of drug-likeness (QED) is 0.561. The van der Waals surface area contributed by atoms with Crippen molar-refractivity contribution in [3.05, 3.63) is 94.8 Å². The number of rotatable bonds is 5. The van der Waals surface area contributed by atoms with Crippen LogP contribution in [0.15, 0.2) is 66.7 Å². The number of nitrogens with zero attached hydrogens (tertiary/aromatic N) is 1. The number of ketones is 1. The van der Waals surface area contributed by atoms with Crippen molar-refractivity contribution in [3.63, 3.8) is 0 Å². The highest BCUT2D eigenvalue weighted by atomic mass is 19.1. The van der Waals surface area contributed by atoms with Crippen LogP contribution in [0.3, 0.4) is 0 Å². The summed E-state index contributed by atoms with van der Waals surface area (Å²) in [7, 11) is 3.76. The Labute approximate surface area is 169 Å². The van der Waals surface area contributed by atoms with Crippen LogP contribution in [0.4, 0.5) is 4.39 Å². The number of carbonyl (C=O) groups excluding carboxylic acids is 2. The van der Waals surface area contributed by atoms with Gasteiger partial charge in [0.05, 0.1) is 6.04 Å². The molecule has 1 aliphatic carbocycles. The van der Waals surface area contributed by atoms with Gasteiger partial charge >= 0.3 is 0 Å². The first-order valence-electron chi connectivity index (χ1n) is 9.44. The van der Waals surface area contributed by atoms with E-state index in [2.05, 4.69) is 5.32 Å². The van der Waals surface area contributed by atoms with E-state index in [4.69, 9.17) is 0 Å². The minimum absolute atomic E-state index is 0.0591. The number of halogens is 1. The van der Waals surface area contributed by atoms with E-state index >= 15 is 0 Å². The number of likely N-dealkylation sites (N-methyl/N-ethyl adjacent to an activating group) is 1. The topological polar surface area (TPSA) is 49.4 Å². The second-order valence-corrected chi connectivity index (χ2v) is 7.38. The highest BCUT2D eigenvalue weighted by Crippen LogP contribution is 2.36. The van der Waals surface area contributed by atoms with Gasteiger partial charge in [-0.3, -0.25) is 9.59 Å². The molecule has 0 radical (unpaired) electrons. The summed E-state index contributed by atoms with van der Waals surface area (Å²) in [6.07, 6.45) is 0. The van der Waals surface area contributed by atoms with Crippen molar-refractivity contribution < 1.29 is 14.0 Å². The van der Waals surface area contributed by atoms with Crippen LogP contribution in [0, 0.1) is 5.82 Å². The molecule has 0 fully saturated rings. The molecule has 0 saturated carbocycles. The third-order valence-electron chi connectivity index (χ3n) is 5.30. The van der Waals surface area contributed by atoms with Crippen molar-refractivity contribution in [1.29, 1.82) is 0 Å². The van der Waals surface area contributed by atoms with Gasteiger partial charge in [0.2, 0.25) is 0 Å². The number of carbonyl (C=O) groups is 2. The average Bonchev–Trinajstić information content (AvgIpc) is 3.00. The minimum Gasteiger partial charge on any atom is -0.350 e. The first-order chi connectivity index (χ1) is 14.0. The van der Waals surface area contributed by atoms with Gasteiger partial charge in [-0.25, -0.2) is 4.39 Å². The van der Waals surface area contributed by atoms with Crippen LogP contribution in [0.25, 0.3) is 11.1 Å². The van der Waals surface area contributed by atoms with Gasteiger partial charge in [0.1, 0.15) is 5.82 Å². The molecule has 1 amide bonds. The Morgan fingerprint density at radius 3 is 2.38 bits per heavy atom. The number of hydrogen-bond donors (Lipinski definition) is 1. The van der Waals surface area contributed by atoms with Gasteiger partial charge in [0.15, 0.2) is 5.78 Å². The van der Waals surface area contributed by atoms with Gasteiger partial charge in [-0.1, -0.05) is 42.5 Å². The molecule has 0 spiro atoms. The van der Waals surface area contributed by atoms with Crippen molar-refractivity contribution in [3.8, 4) is 11.1 Å². The molecule has 0 bridgehead atoms. The van der Waals surface area contributed by atoms with Gasteiger partial charge in [-0.15, -0.1) is 0 Å². The van der Waals surface area contributed by atoms with Crippen molar-refractivity contribution >= 4 is 11.7 Å². The Balaban J connectivity index is 1.53.